The molecule has 0 radical (unpaired) electrons. The third-order valence-corrected chi connectivity index (χ3v) is 4.91. The molecule has 126 valence electrons. The molecular weight excluding hydrogens is 345 g/mol. The second-order valence-corrected chi connectivity index (χ2v) is 6.94. The van der Waals surface area contributed by atoms with Gasteiger partial charge in [0.2, 0.25) is 0 Å². The minimum atomic E-state index is -0.0317. The van der Waals surface area contributed by atoms with Crippen molar-refractivity contribution in [3.05, 3.63) is 52.3 Å². The average Bonchev–Trinajstić information content (AvgIpc) is 2.59. The fraction of sp³-hybridized carbons (Fsp3) is 0.333. The zero-order valence-electron chi connectivity index (χ0n) is 13.4. The van der Waals surface area contributed by atoms with Crippen LogP contribution in [-0.2, 0) is 0 Å². The van der Waals surface area contributed by atoms with Gasteiger partial charge in [0.15, 0.2) is 0 Å². The van der Waals surface area contributed by atoms with Crippen molar-refractivity contribution in [2.45, 2.75) is 19.8 Å². The fourth-order valence-electron chi connectivity index (χ4n) is 2.76. The topological polar surface area (TPSA) is 45.2 Å². The van der Waals surface area contributed by atoms with Crippen LogP contribution in [0.3, 0.4) is 0 Å². The van der Waals surface area contributed by atoms with Gasteiger partial charge in [-0.25, -0.2) is 0 Å². The summed E-state index contributed by atoms with van der Waals surface area (Å²) in [5.74, 6) is 0.646. The number of aromatic nitrogens is 1. The maximum atomic E-state index is 12.6. The first-order valence-corrected chi connectivity index (χ1v) is 8.76. The summed E-state index contributed by atoms with van der Waals surface area (Å²) in [7, 11) is 0. The molecule has 3 rings (SSSR count). The lowest BCUT2D eigenvalue weighted by molar-refractivity contribution is 0.0691. The summed E-state index contributed by atoms with van der Waals surface area (Å²) >= 11 is 12.4. The predicted molar refractivity (Wildman–Crippen MR) is 98.3 cm³/mol. The number of pyridine rings is 1. The monoisotopic (exact) mass is 363 g/mol. The summed E-state index contributed by atoms with van der Waals surface area (Å²) < 4.78 is 0. The zero-order valence-corrected chi connectivity index (χ0v) is 14.9. The van der Waals surface area contributed by atoms with Crippen LogP contribution in [0.4, 0.5) is 11.4 Å². The van der Waals surface area contributed by atoms with E-state index < -0.39 is 0 Å². The van der Waals surface area contributed by atoms with Crippen LogP contribution in [0.2, 0.25) is 10.0 Å². The van der Waals surface area contributed by atoms with Crippen LogP contribution in [0.25, 0.3) is 0 Å². The minimum absolute atomic E-state index is 0.0317. The van der Waals surface area contributed by atoms with Gasteiger partial charge in [0.05, 0.1) is 15.7 Å². The normalized spacial score (nSPS) is 15.4. The maximum absolute atomic E-state index is 12.6. The quantitative estimate of drug-likeness (QED) is 0.833. The van der Waals surface area contributed by atoms with Gasteiger partial charge in [-0.3, -0.25) is 9.78 Å². The van der Waals surface area contributed by atoms with Crippen molar-refractivity contribution in [1.29, 1.82) is 0 Å². The number of rotatable bonds is 3. The van der Waals surface area contributed by atoms with Gasteiger partial charge in [-0.1, -0.05) is 36.2 Å². The summed E-state index contributed by atoms with van der Waals surface area (Å²) in [4.78, 5) is 18.7. The Balaban J connectivity index is 1.78. The van der Waals surface area contributed by atoms with Crippen LogP contribution in [0.15, 0.2) is 36.5 Å². The maximum Gasteiger partial charge on any atom is 0.272 e. The molecule has 1 aliphatic rings. The van der Waals surface area contributed by atoms with E-state index >= 15 is 0 Å². The molecule has 0 atom stereocenters. The van der Waals surface area contributed by atoms with E-state index in [0.717, 1.165) is 31.6 Å². The summed E-state index contributed by atoms with van der Waals surface area (Å²) in [5, 5.41) is 4.22. The lowest BCUT2D eigenvalue weighted by Crippen LogP contribution is -2.38. The van der Waals surface area contributed by atoms with Gasteiger partial charge < -0.3 is 10.2 Å². The summed E-state index contributed by atoms with van der Waals surface area (Å²) in [5.41, 5.74) is 1.78. The number of hydrogen-bond acceptors (Lipinski definition) is 3. The van der Waals surface area contributed by atoms with E-state index in [4.69, 9.17) is 23.2 Å². The first-order chi connectivity index (χ1) is 11.5. The Hall–Kier alpha value is -1.78. The molecule has 24 heavy (non-hydrogen) atoms. The Labute approximate surface area is 151 Å². The highest BCUT2D eigenvalue weighted by molar-refractivity contribution is 6.39. The van der Waals surface area contributed by atoms with Crippen molar-refractivity contribution in [2.24, 2.45) is 5.92 Å². The molecule has 1 saturated heterocycles. The van der Waals surface area contributed by atoms with E-state index in [1.807, 2.05) is 4.90 Å². The second-order valence-electron chi connectivity index (χ2n) is 6.13. The number of benzene rings is 1. The number of anilines is 2. The molecule has 6 heteroatoms. The number of nitrogens with zero attached hydrogens (tertiary/aromatic N) is 2. The Kier molecular flexibility index (Phi) is 5.27. The Morgan fingerprint density at radius 1 is 1.21 bits per heavy atom. The van der Waals surface area contributed by atoms with Crippen molar-refractivity contribution in [3.8, 4) is 0 Å². The molecule has 4 nitrogen and oxygen atoms in total. The number of carbonyl (C=O) groups is 1. The molecule has 0 saturated carbocycles. The van der Waals surface area contributed by atoms with Gasteiger partial charge in [-0.05, 0) is 43.0 Å². The molecule has 1 N–H and O–H groups in total. The minimum Gasteiger partial charge on any atom is -0.353 e. The first-order valence-electron chi connectivity index (χ1n) is 8.01. The predicted octanol–water partition coefficient (Wildman–Crippen LogP) is 5.00. The van der Waals surface area contributed by atoms with Crippen LogP contribution in [-0.4, -0.2) is 28.9 Å². The Morgan fingerprint density at radius 2 is 1.88 bits per heavy atom. The van der Waals surface area contributed by atoms with Crippen LogP contribution in [0.5, 0.6) is 0 Å². The van der Waals surface area contributed by atoms with E-state index in [9.17, 15) is 4.79 Å². The van der Waals surface area contributed by atoms with Gasteiger partial charge in [0, 0.05) is 25.0 Å². The van der Waals surface area contributed by atoms with Gasteiger partial charge in [-0.2, -0.15) is 0 Å². The third-order valence-electron chi connectivity index (χ3n) is 4.28. The number of para-hydroxylation sites is 1. The molecule has 1 fully saturated rings. The molecule has 0 spiro atoms. The number of piperidine rings is 1. The zero-order chi connectivity index (χ0) is 17.1. The fourth-order valence-corrected chi connectivity index (χ4v) is 3.25. The van der Waals surface area contributed by atoms with E-state index in [1.54, 1.807) is 36.5 Å². The molecule has 2 heterocycles. The highest BCUT2D eigenvalue weighted by Gasteiger charge is 2.22. The largest absolute Gasteiger partial charge is 0.353 e. The number of hydrogen-bond donors (Lipinski definition) is 1. The van der Waals surface area contributed by atoms with Gasteiger partial charge in [-0.15, -0.1) is 0 Å². The lowest BCUT2D eigenvalue weighted by atomic mass is 9.99. The van der Waals surface area contributed by atoms with Crippen LogP contribution >= 0.6 is 23.2 Å². The summed E-state index contributed by atoms with van der Waals surface area (Å²) in [6.07, 6.45) is 3.70. The molecule has 0 bridgehead atoms. The van der Waals surface area contributed by atoms with Gasteiger partial charge in [0.1, 0.15) is 5.69 Å². The average molecular weight is 364 g/mol. The van der Waals surface area contributed by atoms with Crippen molar-refractivity contribution in [3.63, 3.8) is 0 Å². The highest BCUT2D eigenvalue weighted by Crippen LogP contribution is 2.32. The lowest BCUT2D eigenvalue weighted by Gasteiger charge is -2.30. The molecular formula is C18H19Cl2N3O. The molecule has 1 aromatic carbocycles. The number of carbonyl (C=O) groups excluding carboxylic acids is 1. The van der Waals surface area contributed by atoms with Crippen LogP contribution in [0.1, 0.15) is 30.3 Å². The number of nitrogens with one attached hydrogen (secondary N) is 1. The number of halogens is 2. The van der Waals surface area contributed by atoms with Crippen LogP contribution in [0, 0.1) is 5.92 Å². The third kappa shape index (κ3) is 3.82. The van der Waals surface area contributed by atoms with Crippen molar-refractivity contribution < 1.29 is 4.79 Å². The van der Waals surface area contributed by atoms with Crippen LogP contribution < -0.4 is 5.32 Å². The number of likely N-dealkylation sites (tertiary alicyclic amines) is 1. The van der Waals surface area contributed by atoms with Crippen molar-refractivity contribution in [1.82, 2.24) is 9.88 Å². The first kappa shape index (κ1) is 17.1. The Bertz CT molecular complexity index is 723. The van der Waals surface area contributed by atoms with Crippen molar-refractivity contribution >= 4 is 40.5 Å². The molecule has 0 unspecified atom stereocenters. The van der Waals surface area contributed by atoms with E-state index in [0.29, 0.717) is 27.3 Å². The second kappa shape index (κ2) is 7.41. The SMILES string of the molecule is CC1CCN(C(=O)c2cc(Nc3c(Cl)cccc3Cl)ccn2)CC1. The number of amides is 1. The van der Waals surface area contributed by atoms with Crippen molar-refractivity contribution in [2.75, 3.05) is 18.4 Å². The van der Waals surface area contributed by atoms with Gasteiger partial charge in [0.25, 0.3) is 5.91 Å². The van der Waals surface area contributed by atoms with E-state index in [1.165, 1.54) is 0 Å². The smallest absolute Gasteiger partial charge is 0.272 e. The summed E-state index contributed by atoms with van der Waals surface area (Å²) in [6, 6.07) is 8.83. The highest BCUT2D eigenvalue weighted by atomic mass is 35.5. The van der Waals surface area contributed by atoms with E-state index in [2.05, 4.69) is 17.2 Å². The molecule has 1 aliphatic heterocycles. The Morgan fingerprint density at radius 3 is 2.54 bits per heavy atom. The summed E-state index contributed by atoms with van der Waals surface area (Å²) in [6.45, 7) is 3.79. The molecule has 1 amide bonds. The molecule has 0 aliphatic carbocycles. The standard InChI is InChI=1S/C18H19Cl2N3O/c1-12-6-9-23(10-7-12)18(24)16-11-13(5-8-21-16)22-17-14(19)3-2-4-15(17)20/h2-5,8,11-12H,6-7,9-10H2,1H3,(H,21,22). The van der Waals surface area contributed by atoms with E-state index in [-0.39, 0.29) is 5.91 Å². The molecule has 1 aromatic heterocycles. The van der Waals surface area contributed by atoms with Gasteiger partial charge >= 0.3 is 0 Å². The molecule has 2 aromatic rings.